The lowest BCUT2D eigenvalue weighted by Gasteiger charge is -2.04. The average Bonchev–Trinajstić information content (AvgIpc) is 2.51. The van der Waals surface area contributed by atoms with Crippen molar-refractivity contribution < 1.29 is 4.28 Å². The van der Waals surface area contributed by atoms with Gasteiger partial charge in [-0.3, -0.25) is 0 Å². The molecule has 0 aromatic carbocycles. The van der Waals surface area contributed by atoms with Crippen molar-refractivity contribution in [1.29, 1.82) is 0 Å². The van der Waals surface area contributed by atoms with E-state index >= 15 is 0 Å². The lowest BCUT2D eigenvalue weighted by Crippen LogP contribution is -2.09. The molecule has 0 fully saturated rings. The van der Waals surface area contributed by atoms with E-state index in [9.17, 15) is 0 Å². The summed E-state index contributed by atoms with van der Waals surface area (Å²) in [4.78, 5) is 1.20. The van der Waals surface area contributed by atoms with E-state index in [1.165, 1.54) is 16.9 Å². The Morgan fingerprint density at radius 2 is 2.38 bits per heavy atom. The van der Waals surface area contributed by atoms with Crippen molar-refractivity contribution in [3.05, 3.63) is 34.2 Å². The Hall–Kier alpha value is -0.320. The summed E-state index contributed by atoms with van der Waals surface area (Å²) in [6.07, 6.45) is 5.32. The van der Waals surface area contributed by atoms with Crippen LogP contribution in [0.15, 0.2) is 39.4 Å². The predicted octanol–water partition coefficient (Wildman–Crippen LogP) is 4.36. The molecule has 0 aromatic rings. The normalized spacial score (nSPS) is 24.1. The highest BCUT2D eigenvalue weighted by atomic mass is 35.5. The topological polar surface area (TPSA) is 21.6 Å². The Morgan fingerprint density at radius 1 is 1.69 bits per heavy atom. The smallest absolute Gasteiger partial charge is 0.102 e. The van der Waals surface area contributed by atoms with E-state index in [0.29, 0.717) is 10.3 Å². The second-order valence-corrected chi connectivity index (χ2v) is 5.66. The molecule has 0 spiro atoms. The zero-order valence-corrected chi connectivity index (χ0v) is 11.9. The largest absolute Gasteiger partial charge is 0.322 e. The Labute approximate surface area is 110 Å². The molecule has 0 radical (unpaired) electrons. The van der Waals surface area contributed by atoms with Crippen molar-refractivity contribution in [2.45, 2.75) is 19.1 Å². The van der Waals surface area contributed by atoms with E-state index < -0.39 is 0 Å². The summed E-state index contributed by atoms with van der Waals surface area (Å²) < 4.78 is 5.04. The summed E-state index contributed by atoms with van der Waals surface area (Å²) in [5.41, 5.74) is 1.97. The molecule has 16 heavy (non-hydrogen) atoms. The molecule has 1 aliphatic rings. The maximum Gasteiger partial charge on any atom is 0.102 e. The number of hydrogen-bond donors (Lipinski definition) is 0. The number of halogens is 1. The van der Waals surface area contributed by atoms with E-state index in [-0.39, 0.29) is 0 Å². The summed E-state index contributed by atoms with van der Waals surface area (Å²) in [5, 5.41) is 5.02. The van der Waals surface area contributed by atoms with E-state index in [1.54, 1.807) is 17.8 Å². The minimum atomic E-state index is 0.299. The van der Waals surface area contributed by atoms with Crippen LogP contribution in [0.5, 0.6) is 0 Å². The second-order valence-electron chi connectivity index (χ2n) is 3.18. The number of rotatable bonds is 4. The van der Waals surface area contributed by atoms with Crippen LogP contribution in [0.3, 0.4) is 0 Å². The predicted molar refractivity (Wildman–Crippen MR) is 75.9 cm³/mol. The van der Waals surface area contributed by atoms with Gasteiger partial charge in [0.2, 0.25) is 0 Å². The van der Waals surface area contributed by atoms with Crippen molar-refractivity contribution in [1.82, 2.24) is 0 Å². The third-order valence-electron chi connectivity index (χ3n) is 2.08. The summed E-state index contributed by atoms with van der Waals surface area (Å²) in [6.45, 7) is 7.78. The molecule has 2 nitrogen and oxygen atoms in total. The van der Waals surface area contributed by atoms with E-state index in [0.717, 1.165) is 11.3 Å². The van der Waals surface area contributed by atoms with Gasteiger partial charge in [0.05, 0.1) is 17.3 Å². The van der Waals surface area contributed by atoms with Gasteiger partial charge in [0, 0.05) is 16.9 Å². The second kappa shape index (κ2) is 6.42. The molecule has 1 rings (SSSR count). The van der Waals surface area contributed by atoms with Crippen molar-refractivity contribution in [2.24, 2.45) is 5.16 Å². The van der Waals surface area contributed by atoms with Gasteiger partial charge in [-0.25, -0.2) is 0 Å². The van der Waals surface area contributed by atoms with Gasteiger partial charge in [-0.1, -0.05) is 29.4 Å². The molecule has 0 amide bonds. The average molecular weight is 276 g/mol. The van der Waals surface area contributed by atoms with Crippen LogP contribution in [0.2, 0.25) is 0 Å². The van der Waals surface area contributed by atoms with Crippen LogP contribution in [0.25, 0.3) is 0 Å². The number of allylic oxidation sites excluding steroid dienone is 5. The van der Waals surface area contributed by atoms with Crippen LogP contribution in [0, 0.1) is 0 Å². The van der Waals surface area contributed by atoms with E-state index in [2.05, 4.69) is 25.6 Å². The fraction of sp³-hybridized carbons (Fsp3) is 0.364. The third-order valence-corrected chi connectivity index (χ3v) is 3.72. The lowest BCUT2D eigenvalue weighted by molar-refractivity contribution is 0.407. The fourth-order valence-electron chi connectivity index (χ4n) is 1.36. The van der Waals surface area contributed by atoms with Crippen LogP contribution in [0.4, 0.5) is 0 Å². The van der Waals surface area contributed by atoms with Gasteiger partial charge in [-0.15, -0.1) is 11.8 Å². The molecular formula is C11H14ClNOS2. The molecule has 0 N–H and O–H groups in total. The molecule has 88 valence electrons. The Bertz CT molecular complexity index is 374. The van der Waals surface area contributed by atoms with Gasteiger partial charge in [-0.2, -0.15) is 0 Å². The molecule has 0 bridgehead atoms. The molecule has 0 saturated heterocycles. The molecular weight excluding hydrogens is 262 g/mol. The maximum atomic E-state index is 5.96. The minimum absolute atomic E-state index is 0.299. The van der Waals surface area contributed by atoms with Gasteiger partial charge >= 0.3 is 0 Å². The van der Waals surface area contributed by atoms with Crippen molar-refractivity contribution >= 4 is 41.1 Å². The SMILES string of the molecule is C=C/C(Cl)=C\C1=C(C)SC(C)/C1=N\OSC. The summed E-state index contributed by atoms with van der Waals surface area (Å²) >= 11 is 8.94. The first-order valence-electron chi connectivity index (χ1n) is 4.75. The molecule has 1 heterocycles. The molecule has 0 saturated carbocycles. The molecule has 1 aliphatic heterocycles. The Morgan fingerprint density at radius 3 is 2.94 bits per heavy atom. The van der Waals surface area contributed by atoms with Crippen LogP contribution < -0.4 is 0 Å². The zero-order chi connectivity index (χ0) is 12.1. The third kappa shape index (κ3) is 3.34. The number of nitrogens with zero attached hydrogens (tertiary/aromatic N) is 1. The summed E-state index contributed by atoms with van der Waals surface area (Å²) in [5.74, 6) is 0. The quantitative estimate of drug-likeness (QED) is 0.432. The van der Waals surface area contributed by atoms with Crippen LogP contribution in [-0.2, 0) is 4.28 Å². The molecule has 1 unspecified atom stereocenters. The highest BCUT2D eigenvalue weighted by Crippen LogP contribution is 2.37. The van der Waals surface area contributed by atoms with Gasteiger partial charge in [0.15, 0.2) is 0 Å². The number of hydrogen-bond acceptors (Lipinski definition) is 4. The highest BCUT2D eigenvalue weighted by Gasteiger charge is 2.26. The Balaban J connectivity index is 3.02. The first-order chi connectivity index (χ1) is 7.60. The molecule has 0 aromatic heterocycles. The minimum Gasteiger partial charge on any atom is -0.322 e. The van der Waals surface area contributed by atoms with Crippen molar-refractivity contribution in [3.8, 4) is 0 Å². The highest BCUT2D eigenvalue weighted by molar-refractivity contribution is 8.04. The van der Waals surface area contributed by atoms with E-state index in [4.69, 9.17) is 15.9 Å². The van der Waals surface area contributed by atoms with Gasteiger partial charge in [-0.05, 0) is 24.8 Å². The standard InChI is InChI=1S/C11H14ClNOS2/c1-5-9(12)6-10-7(2)16-8(3)11(10)13-14-15-4/h5-6,8H,1H2,2-4H3/b9-6+,13-11+. The molecule has 0 aliphatic carbocycles. The maximum absolute atomic E-state index is 5.96. The molecule has 1 atom stereocenters. The van der Waals surface area contributed by atoms with Crippen LogP contribution in [-0.4, -0.2) is 17.2 Å². The first-order valence-corrected chi connectivity index (χ1v) is 7.16. The first kappa shape index (κ1) is 13.7. The Kier molecular flexibility index (Phi) is 5.52. The lowest BCUT2D eigenvalue weighted by atomic mass is 10.1. The van der Waals surface area contributed by atoms with E-state index in [1.807, 2.05) is 12.3 Å². The van der Waals surface area contributed by atoms with Gasteiger partial charge in [0.1, 0.15) is 5.71 Å². The molecule has 5 heteroatoms. The van der Waals surface area contributed by atoms with Gasteiger partial charge in [0.25, 0.3) is 0 Å². The monoisotopic (exact) mass is 275 g/mol. The van der Waals surface area contributed by atoms with Crippen LogP contribution >= 0.6 is 35.4 Å². The van der Waals surface area contributed by atoms with Crippen molar-refractivity contribution in [3.63, 3.8) is 0 Å². The number of thioether (sulfide) groups is 1. The van der Waals surface area contributed by atoms with Crippen molar-refractivity contribution in [2.75, 3.05) is 6.26 Å². The number of oxime groups is 1. The summed E-state index contributed by atoms with van der Waals surface area (Å²) in [7, 11) is 0. The fourth-order valence-corrected chi connectivity index (χ4v) is 2.72. The summed E-state index contributed by atoms with van der Waals surface area (Å²) in [6, 6.07) is 0. The van der Waals surface area contributed by atoms with Crippen LogP contribution in [0.1, 0.15) is 13.8 Å². The van der Waals surface area contributed by atoms with Gasteiger partial charge < -0.3 is 4.28 Å². The zero-order valence-electron chi connectivity index (χ0n) is 9.49.